The second-order valence-electron chi connectivity index (χ2n) is 5.95. The summed E-state index contributed by atoms with van der Waals surface area (Å²) in [6, 6.07) is 12.5. The van der Waals surface area contributed by atoms with Crippen molar-refractivity contribution in [3.8, 4) is 22.8 Å². The van der Waals surface area contributed by atoms with Gasteiger partial charge in [0, 0.05) is 21.7 Å². The first-order valence-corrected chi connectivity index (χ1v) is 8.73. The molecule has 0 saturated heterocycles. The van der Waals surface area contributed by atoms with Gasteiger partial charge in [-0.05, 0) is 48.5 Å². The van der Waals surface area contributed by atoms with Crippen LogP contribution in [0.15, 0.2) is 58.0 Å². The van der Waals surface area contributed by atoms with Gasteiger partial charge < -0.3 is 23.8 Å². The number of hydrazone groups is 1. The summed E-state index contributed by atoms with van der Waals surface area (Å²) in [5.74, 6) is 0.0381. The number of furan rings is 1. The van der Waals surface area contributed by atoms with Gasteiger partial charge in [0.2, 0.25) is 6.79 Å². The summed E-state index contributed by atoms with van der Waals surface area (Å²) in [7, 11) is 0. The van der Waals surface area contributed by atoms with E-state index in [4.69, 9.17) is 25.5 Å². The number of rotatable bonds is 5. The lowest BCUT2D eigenvalue weighted by Gasteiger charge is -2.06. The van der Waals surface area contributed by atoms with E-state index in [1.807, 2.05) is 0 Å². The Kier molecular flexibility index (Phi) is 4.92. The van der Waals surface area contributed by atoms with E-state index < -0.39 is 11.9 Å². The molecule has 1 aromatic heterocycles. The Morgan fingerprint density at radius 2 is 1.90 bits per heavy atom. The van der Waals surface area contributed by atoms with Crippen molar-refractivity contribution in [3.05, 3.63) is 70.4 Å². The van der Waals surface area contributed by atoms with Gasteiger partial charge in [0.25, 0.3) is 5.91 Å². The van der Waals surface area contributed by atoms with Gasteiger partial charge in [0.1, 0.15) is 11.5 Å². The second kappa shape index (κ2) is 7.69. The zero-order valence-electron chi connectivity index (χ0n) is 14.7. The summed E-state index contributed by atoms with van der Waals surface area (Å²) in [5.41, 5.74) is 3.13. The van der Waals surface area contributed by atoms with Crippen molar-refractivity contribution in [2.24, 2.45) is 5.10 Å². The van der Waals surface area contributed by atoms with Crippen molar-refractivity contribution in [1.82, 2.24) is 5.43 Å². The number of carbonyl (C=O) groups excluding carboxylic acids is 2. The van der Waals surface area contributed by atoms with Gasteiger partial charge in [0.15, 0.2) is 11.5 Å². The third-order valence-corrected chi connectivity index (χ3v) is 4.42. The number of nitrogens with zero attached hydrogens (tertiary/aromatic N) is 1. The largest absolute Gasteiger partial charge is 0.545 e. The minimum Gasteiger partial charge on any atom is -0.545 e. The van der Waals surface area contributed by atoms with Crippen molar-refractivity contribution < 1.29 is 28.6 Å². The van der Waals surface area contributed by atoms with Crippen LogP contribution < -0.4 is 20.0 Å². The molecule has 0 bridgehead atoms. The van der Waals surface area contributed by atoms with Gasteiger partial charge in [-0.2, -0.15) is 5.10 Å². The molecule has 1 aliphatic heterocycles. The molecule has 0 saturated carbocycles. The van der Waals surface area contributed by atoms with E-state index in [1.54, 1.807) is 36.4 Å². The monoisotopic (exact) mass is 411 g/mol. The van der Waals surface area contributed by atoms with Crippen molar-refractivity contribution in [2.45, 2.75) is 0 Å². The summed E-state index contributed by atoms with van der Waals surface area (Å²) in [6.07, 6.45) is 1.32. The zero-order valence-corrected chi connectivity index (χ0v) is 15.4. The summed E-state index contributed by atoms with van der Waals surface area (Å²) in [4.78, 5) is 23.3. The molecule has 0 spiro atoms. The maximum Gasteiger partial charge on any atom is 0.271 e. The first kappa shape index (κ1) is 18.6. The molecule has 8 nitrogen and oxygen atoms in total. The number of carboxylic acid groups (broad SMARTS) is 1. The normalized spacial score (nSPS) is 12.3. The average molecular weight is 412 g/mol. The molecule has 1 aliphatic rings. The third kappa shape index (κ3) is 3.92. The number of carboxylic acids is 1. The summed E-state index contributed by atoms with van der Waals surface area (Å²) < 4.78 is 16.0. The summed E-state index contributed by atoms with van der Waals surface area (Å²) in [5, 5.41) is 15.0. The van der Waals surface area contributed by atoms with Gasteiger partial charge in [0.05, 0.1) is 12.2 Å². The van der Waals surface area contributed by atoms with Crippen LogP contribution in [0.1, 0.15) is 26.5 Å². The molecule has 2 heterocycles. The summed E-state index contributed by atoms with van der Waals surface area (Å²) in [6.45, 7) is 0.122. The van der Waals surface area contributed by atoms with Gasteiger partial charge in [-0.25, -0.2) is 5.43 Å². The van der Waals surface area contributed by atoms with Gasteiger partial charge in [-0.15, -0.1) is 0 Å². The molecule has 0 fully saturated rings. The highest BCUT2D eigenvalue weighted by Crippen LogP contribution is 2.32. The quantitative estimate of drug-likeness (QED) is 0.509. The van der Waals surface area contributed by atoms with E-state index in [9.17, 15) is 14.7 Å². The molecule has 29 heavy (non-hydrogen) atoms. The van der Waals surface area contributed by atoms with Crippen LogP contribution in [0.4, 0.5) is 0 Å². The molecule has 1 amide bonds. The van der Waals surface area contributed by atoms with Gasteiger partial charge >= 0.3 is 0 Å². The van der Waals surface area contributed by atoms with Crippen LogP contribution >= 0.6 is 11.6 Å². The van der Waals surface area contributed by atoms with Gasteiger partial charge in [-0.1, -0.05) is 11.6 Å². The van der Waals surface area contributed by atoms with Crippen molar-refractivity contribution >= 4 is 29.7 Å². The Morgan fingerprint density at radius 1 is 1.07 bits per heavy atom. The Hall–Kier alpha value is -3.78. The minimum absolute atomic E-state index is 0.0771. The number of carbonyl (C=O) groups is 2. The highest BCUT2D eigenvalue weighted by atomic mass is 35.5. The van der Waals surface area contributed by atoms with Crippen LogP contribution in [0.25, 0.3) is 11.3 Å². The van der Waals surface area contributed by atoms with E-state index >= 15 is 0 Å². The molecule has 1 N–H and O–H groups in total. The third-order valence-electron chi connectivity index (χ3n) is 4.09. The molecule has 146 valence electrons. The standard InChI is InChI=1S/C20H13ClN2O6/c21-15-4-1-11(7-14(15)20(25)26)16-6-3-13(29-16)9-22-23-19(24)12-2-5-17-18(8-12)28-10-27-17/h1-9H,10H2,(H,23,24)(H,25,26)/p-1/b22-9-. The second-order valence-corrected chi connectivity index (χ2v) is 6.36. The number of nitrogens with one attached hydrogen (secondary N) is 1. The Balaban J connectivity index is 1.44. The Morgan fingerprint density at radius 3 is 2.72 bits per heavy atom. The van der Waals surface area contributed by atoms with E-state index in [0.29, 0.717) is 34.1 Å². The number of benzene rings is 2. The molecular weight excluding hydrogens is 400 g/mol. The predicted octanol–water partition coefficient (Wildman–Crippen LogP) is 2.46. The number of halogens is 1. The topological polar surface area (TPSA) is 113 Å². The van der Waals surface area contributed by atoms with E-state index in [1.165, 1.54) is 18.3 Å². The molecule has 0 aliphatic carbocycles. The van der Waals surface area contributed by atoms with E-state index in [-0.39, 0.29) is 17.4 Å². The smallest absolute Gasteiger partial charge is 0.271 e. The maximum absolute atomic E-state index is 12.2. The predicted molar refractivity (Wildman–Crippen MR) is 101 cm³/mol. The fourth-order valence-corrected chi connectivity index (χ4v) is 2.86. The lowest BCUT2D eigenvalue weighted by atomic mass is 10.1. The van der Waals surface area contributed by atoms with Crippen LogP contribution in [0, 0.1) is 0 Å². The average Bonchev–Trinajstić information content (AvgIpc) is 3.36. The number of ether oxygens (including phenoxy) is 2. The first-order valence-electron chi connectivity index (χ1n) is 8.35. The molecule has 9 heteroatoms. The fourth-order valence-electron chi connectivity index (χ4n) is 2.67. The number of fused-ring (bicyclic) bond motifs is 1. The molecule has 0 radical (unpaired) electrons. The SMILES string of the molecule is O=C(N/N=C\c1ccc(-c2ccc(Cl)c(C(=O)[O-])c2)o1)c1ccc2c(c1)OCO2. The Bertz CT molecular complexity index is 1140. The van der Waals surface area contributed by atoms with Crippen LogP contribution in [0.5, 0.6) is 11.5 Å². The molecule has 3 aromatic rings. The highest BCUT2D eigenvalue weighted by molar-refractivity contribution is 6.33. The van der Waals surface area contributed by atoms with Crippen molar-refractivity contribution in [1.29, 1.82) is 0 Å². The lowest BCUT2D eigenvalue weighted by Crippen LogP contribution is -2.22. The van der Waals surface area contributed by atoms with E-state index in [2.05, 4.69) is 10.5 Å². The number of hydrogen-bond donors (Lipinski definition) is 1. The summed E-state index contributed by atoms with van der Waals surface area (Å²) >= 11 is 5.84. The fraction of sp³-hybridized carbons (Fsp3) is 0.0500. The number of aromatic carboxylic acids is 1. The van der Waals surface area contributed by atoms with Crippen molar-refractivity contribution in [3.63, 3.8) is 0 Å². The Labute approximate surface area is 169 Å². The molecule has 2 aromatic carbocycles. The van der Waals surface area contributed by atoms with Crippen LogP contribution in [-0.2, 0) is 0 Å². The maximum atomic E-state index is 12.2. The number of hydrogen-bond acceptors (Lipinski definition) is 7. The lowest BCUT2D eigenvalue weighted by molar-refractivity contribution is -0.255. The van der Waals surface area contributed by atoms with Gasteiger partial charge in [-0.3, -0.25) is 4.79 Å². The van der Waals surface area contributed by atoms with Crippen LogP contribution in [0.3, 0.4) is 0 Å². The minimum atomic E-state index is -1.38. The number of amides is 1. The van der Waals surface area contributed by atoms with Crippen LogP contribution in [-0.4, -0.2) is 24.9 Å². The molecule has 0 unspecified atom stereocenters. The highest BCUT2D eigenvalue weighted by Gasteiger charge is 2.16. The molecule has 0 atom stereocenters. The van der Waals surface area contributed by atoms with Crippen LogP contribution in [0.2, 0.25) is 5.02 Å². The molecule has 4 rings (SSSR count). The zero-order chi connectivity index (χ0) is 20.4. The van der Waals surface area contributed by atoms with E-state index in [0.717, 1.165) is 0 Å². The molecular formula is C20H12ClN2O6-. The first-order chi connectivity index (χ1) is 14.0. The van der Waals surface area contributed by atoms with Crippen molar-refractivity contribution in [2.75, 3.05) is 6.79 Å².